The highest BCUT2D eigenvalue weighted by atomic mass is 16.5. The van der Waals surface area contributed by atoms with Crippen LogP contribution in [-0.4, -0.2) is 25.9 Å². The number of hydrogen-bond donors (Lipinski definition) is 0. The Hall–Kier alpha value is -0.340. The largest absolute Gasteiger partial charge is 0.381 e. The molecule has 0 aliphatic heterocycles. The predicted octanol–water partition coefficient (Wildman–Crippen LogP) is 4.34. The molecule has 0 rings (SSSR count). The van der Waals surface area contributed by atoms with Crippen molar-refractivity contribution in [2.45, 2.75) is 65.4 Å². The Labute approximate surface area is 107 Å². The van der Waals surface area contributed by atoms with Gasteiger partial charge in [-0.15, -0.1) is 0 Å². The molecule has 0 saturated heterocycles. The fourth-order valence-electron chi connectivity index (χ4n) is 1.50. The van der Waals surface area contributed by atoms with Crippen LogP contribution in [0.3, 0.4) is 0 Å². The van der Waals surface area contributed by atoms with Gasteiger partial charge in [0.05, 0.1) is 12.7 Å². The summed E-state index contributed by atoms with van der Waals surface area (Å²) in [6, 6.07) is 0. The van der Waals surface area contributed by atoms with Crippen molar-refractivity contribution in [2.24, 2.45) is 0 Å². The van der Waals surface area contributed by atoms with E-state index in [2.05, 4.69) is 32.9 Å². The summed E-state index contributed by atoms with van der Waals surface area (Å²) < 4.78 is 10.9. The predicted molar refractivity (Wildman–Crippen MR) is 74.4 cm³/mol. The molecule has 0 aliphatic rings. The minimum atomic E-state index is 0.336. The van der Waals surface area contributed by atoms with E-state index in [9.17, 15) is 0 Å². The van der Waals surface area contributed by atoms with Gasteiger partial charge in [0.15, 0.2) is 0 Å². The maximum Gasteiger partial charge on any atom is 0.0650 e. The number of hydrogen-bond acceptors (Lipinski definition) is 2. The van der Waals surface area contributed by atoms with Gasteiger partial charge in [-0.2, -0.15) is 0 Å². The molecule has 0 amide bonds. The Morgan fingerprint density at radius 1 is 0.941 bits per heavy atom. The third kappa shape index (κ3) is 15.7. The molecule has 0 saturated carbocycles. The molecule has 0 aromatic carbocycles. The second kappa shape index (κ2) is 13.7. The van der Waals surface area contributed by atoms with Crippen LogP contribution in [0, 0.1) is 0 Å². The third-order valence-electron chi connectivity index (χ3n) is 2.45. The third-order valence-corrected chi connectivity index (χ3v) is 2.45. The average molecular weight is 242 g/mol. The maximum atomic E-state index is 5.43. The molecular formula is C15H30O2. The topological polar surface area (TPSA) is 18.5 Å². The van der Waals surface area contributed by atoms with Crippen molar-refractivity contribution < 1.29 is 9.47 Å². The zero-order chi connectivity index (χ0) is 12.8. The highest BCUT2D eigenvalue weighted by Gasteiger charge is 1.90. The quantitative estimate of drug-likeness (QED) is 0.374. The van der Waals surface area contributed by atoms with Crippen LogP contribution in [0.4, 0.5) is 0 Å². The first kappa shape index (κ1) is 16.7. The van der Waals surface area contributed by atoms with Crippen molar-refractivity contribution in [3.8, 4) is 0 Å². The van der Waals surface area contributed by atoms with E-state index in [-0.39, 0.29) is 0 Å². The van der Waals surface area contributed by atoms with E-state index in [4.69, 9.17) is 9.47 Å². The molecule has 2 nitrogen and oxygen atoms in total. The number of ether oxygens (including phenoxy) is 2. The van der Waals surface area contributed by atoms with E-state index in [1.165, 1.54) is 32.1 Å². The lowest BCUT2D eigenvalue weighted by Gasteiger charge is -2.03. The van der Waals surface area contributed by atoms with E-state index < -0.39 is 0 Å². The minimum absolute atomic E-state index is 0.336. The summed E-state index contributed by atoms with van der Waals surface area (Å²) in [5.41, 5.74) is 0. The molecule has 0 fully saturated rings. The molecule has 0 heterocycles. The van der Waals surface area contributed by atoms with Gasteiger partial charge in [-0.25, -0.2) is 0 Å². The Kier molecular flexibility index (Phi) is 13.4. The second-order valence-electron chi connectivity index (χ2n) is 4.67. The molecule has 0 aromatic heterocycles. The van der Waals surface area contributed by atoms with E-state index >= 15 is 0 Å². The van der Waals surface area contributed by atoms with Crippen LogP contribution < -0.4 is 0 Å². The molecule has 0 bridgehead atoms. The van der Waals surface area contributed by atoms with Gasteiger partial charge >= 0.3 is 0 Å². The molecule has 0 N–H and O–H groups in total. The molecular weight excluding hydrogens is 212 g/mol. The standard InChI is InChI=1S/C15H30O2/c1-4-12-16-13-10-8-6-5-7-9-11-14-17-15(2)3/h9,11,15H,4-8,10,12-14H2,1-3H3/b11-9+. The lowest BCUT2D eigenvalue weighted by molar-refractivity contribution is 0.102. The molecule has 102 valence electrons. The zero-order valence-electron chi connectivity index (χ0n) is 11.9. The monoisotopic (exact) mass is 242 g/mol. The van der Waals surface area contributed by atoms with Gasteiger partial charge in [-0.3, -0.25) is 0 Å². The Balaban J connectivity index is 3.02. The molecule has 2 heteroatoms. The molecule has 17 heavy (non-hydrogen) atoms. The van der Waals surface area contributed by atoms with Gasteiger partial charge in [0.1, 0.15) is 0 Å². The van der Waals surface area contributed by atoms with Gasteiger partial charge in [0.25, 0.3) is 0 Å². The van der Waals surface area contributed by atoms with Crippen LogP contribution in [0.15, 0.2) is 12.2 Å². The highest BCUT2D eigenvalue weighted by molar-refractivity contribution is 4.81. The molecule has 0 aromatic rings. The van der Waals surface area contributed by atoms with Crippen molar-refractivity contribution in [1.82, 2.24) is 0 Å². The van der Waals surface area contributed by atoms with E-state index in [0.717, 1.165) is 26.2 Å². The van der Waals surface area contributed by atoms with Gasteiger partial charge < -0.3 is 9.47 Å². The summed E-state index contributed by atoms with van der Waals surface area (Å²) >= 11 is 0. The Morgan fingerprint density at radius 2 is 1.71 bits per heavy atom. The van der Waals surface area contributed by atoms with Crippen LogP contribution in [0.25, 0.3) is 0 Å². The maximum absolute atomic E-state index is 5.43. The second-order valence-corrected chi connectivity index (χ2v) is 4.67. The molecule has 0 unspecified atom stereocenters. The SMILES string of the molecule is CCCOCCCCCC/C=C/COC(C)C. The summed E-state index contributed by atoms with van der Waals surface area (Å²) in [7, 11) is 0. The Morgan fingerprint density at radius 3 is 2.41 bits per heavy atom. The molecule has 0 spiro atoms. The van der Waals surface area contributed by atoms with Crippen molar-refractivity contribution in [2.75, 3.05) is 19.8 Å². The number of unbranched alkanes of at least 4 members (excludes halogenated alkanes) is 4. The first-order valence-corrected chi connectivity index (χ1v) is 7.11. The lowest BCUT2D eigenvalue weighted by atomic mass is 10.1. The van der Waals surface area contributed by atoms with Crippen molar-refractivity contribution in [3.63, 3.8) is 0 Å². The zero-order valence-corrected chi connectivity index (χ0v) is 11.9. The fraction of sp³-hybridized carbons (Fsp3) is 0.867. The van der Waals surface area contributed by atoms with Gasteiger partial charge in [0.2, 0.25) is 0 Å². The minimum Gasteiger partial charge on any atom is -0.381 e. The highest BCUT2D eigenvalue weighted by Crippen LogP contribution is 2.04. The van der Waals surface area contributed by atoms with Gasteiger partial charge in [0, 0.05) is 13.2 Å². The average Bonchev–Trinajstić information content (AvgIpc) is 2.30. The molecule has 0 radical (unpaired) electrons. The summed E-state index contributed by atoms with van der Waals surface area (Å²) in [5.74, 6) is 0. The van der Waals surface area contributed by atoms with Crippen molar-refractivity contribution in [1.29, 1.82) is 0 Å². The van der Waals surface area contributed by atoms with Crippen LogP contribution in [0.1, 0.15) is 59.3 Å². The smallest absolute Gasteiger partial charge is 0.0650 e. The van der Waals surface area contributed by atoms with Crippen molar-refractivity contribution in [3.05, 3.63) is 12.2 Å². The van der Waals surface area contributed by atoms with E-state index in [1.54, 1.807) is 0 Å². The van der Waals surface area contributed by atoms with Crippen LogP contribution >= 0.6 is 0 Å². The van der Waals surface area contributed by atoms with E-state index in [0.29, 0.717) is 6.10 Å². The number of rotatable bonds is 12. The van der Waals surface area contributed by atoms with Gasteiger partial charge in [-0.05, 0) is 39.5 Å². The molecule has 0 aliphatic carbocycles. The van der Waals surface area contributed by atoms with Crippen LogP contribution in [-0.2, 0) is 9.47 Å². The summed E-state index contributed by atoms with van der Waals surface area (Å²) in [6.07, 6.45) is 12.1. The Bertz CT molecular complexity index is 164. The number of allylic oxidation sites excluding steroid dienone is 1. The van der Waals surface area contributed by atoms with E-state index in [1.807, 2.05) is 0 Å². The first-order valence-electron chi connectivity index (χ1n) is 7.11. The molecule has 0 atom stereocenters. The normalized spacial score (nSPS) is 11.8. The van der Waals surface area contributed by atoms with Crippen LogP contribution in [0.5, 0.6) is 0 Å². The van der Waals surface area contributed by atoms with Crippen molar-refractivity contribution >= 4 is 0 Å². The first-order chi connectivity index (χ1) is 8.27. The summed E-state index contributed by atoms with van der Waals surface area (Å²) in [4.78, 5) is 0. The summed E-state index contributed by atoms with van der Waals surface area (Å²) in [6.45, 7) is 8.88. The lowest BCUT2D eigenvalue weighted by Crippen LogP contribution is -2.01. The van der Waals surface area contributed by atoms with Gasteiger partial charge in [-0.1, -0.05) is 31.9 Å². The summed E-state index contributed by atoms with van der Waals surface area (Å²) in [5, 5.41) is 0. The van der Waals surface area contributed by atoms with Crippen LogP contribution in [0.2, 0.25) is 0 Å². The fourth-order valence-corrected chi connectivity index (χ4v) is 1.50.